The maximum atomic E-state index is 6.37. The van der Waals surface area contributed by atoms with Crippen LogP contribution in [0, 0.1) is 0 Å². The molecule has 0 aliphatic rings. The lowest BCUT2D eigenvalue weighted by molar-refractivity contribution is 0.669. The van der Waals surface area contributed by atoms with E-state index in [1.165, 1.54) is 42.1 Å². The van der Waals surface area contributed by atoms with Crippen molar-refractivity contribution in [3.8, 4) is 11.1 Å². The molecule has 0 saturated heterocycles. The number of fused-ring (bicyclic) bond motifs is 7. The van der Waals surface area contributed by atoms with Gasteiger partial charge >= 0.3 is 0 Å². The Morgan fingerprint density at radius 1 is 0.442 bits per heavy atom. The highest BCUT2D eigenvalue weighted by atomic mass is 32.1. The normalized spacial score (nSPS) is 11.7. The molecule has 202 valence electrons. The fourth-order valence-electron chi connectivity index (χ4n) is 6.47. The first-order chi connectivity index (χ1) is 21.3. The van der Waals surface area contributed by atoms with E-state index in [0.29, 0.717) is 0 Å². The maximum Gasteiger partial charge on any atom is 0.137 e. The molecule has 0 N–H and O–H groups in total. The molecule has 0 unspecified atom stereocenters. The topological polar surface area (TPSA) is 16.4 Å². The minimum absolute atomic E-state index is 0.883. The van der Waals surface area contributed by atoms with Crippen molar-refractivity contribution >= 4 is 81.3 Å². The van der Waals surface area contributed by atoms with Crippen LogP contribution >= 0.6 is 11.3 Å². The zero-order chi connectivity index (χ0) is 28.3. The third kappa shape index (κ3) is 3.86. The Morgan fingerprint density at radius 2 is 1.12 bits per heavy atom. The minimum atomic E-state index is 0.883. The Kier molecular flexibility index (Phi) is 5.40. The van der Waals surface area contributed by atoms with Gasteiger partial charge in [0.1, 0.15) is 11.2 Å². The number of hydrogen-bond acceptors (Lipinski definition) is 3. The first-order valence-electron chi connectivity index (χ1n) is 14.5. The average molecular weight is 568 g/mol. The summed E-state index contributed by atoms with van der Waals surface area (Å²) in [4.78, 5) is 2.39. The molecule has 0 aliphatic heterocycles. The van der Waals surface area contributed by atoms with Crippen LogP contribution in [0.1, 0.15) is 0 Å². The lowest BCUT2D eigenvalue weighted by Gasteiger charge is -2.29. The molecule has 7 aromatic carbocycles. The summed E-state index contributed by atoms with van der Waals surface area (Å²) in [5.74, 6) is 0. The average Bonchev–Trinajstić information content (AvgIpc) is 3.63. The molecular weight excluding hydrogens is 543 g/mol. The van der Waals surface area contributed by atoms with Gasteiger partial charge in [0, 0.05) is 53.6 Å². The SMILES string of the molecule is c1ccc(N(c2ccc3c(c2)oc2ccccc23)c2cccc3ccccc23)c(-c2ccc3c(c2)sc2ccccc23)c1. The molecule has 0 amide bonds. The van der Waals surface area contributed by atoms with Crippen LogP contribution < -0.4 is 4.90 Å². The summed E-state index contributed by atoms with van der Waals surface area (Å²) in [6.07, 6.45) is 0. The molecule has 2 heterocycles. The standard InChI is InChI=1S/C40H25NOS/c1-2-12-29-26(10-1)11-9-17-36(29)41(28-21-23-32-31-14-4-7-18-37(31)42-38(32)25-28)35-16-6-3-13-30(35)27-20-22-34-33-15-5-8-19-39(33)43-40(34)24-27/h1-25H. The van der Waals surface area contributed by atoms with Gasteiger partial charge in [-0.15, -0.1) is 11.3 Å². The molecule has 2 nitrogen and oxygen atoms in total. The summed E-state index contributed by atoms with van der Waals surface area (Å²) >= 11 is 1.86. The third-order valence-corrected chi connectivity index (χ3v) is 9.60. The monoisotopic (exact) mass is 567 g/mol. The molecule has 9 aromatic rings. The minimum Gasteiger partial charge on any atom is -0.456 e. The van der Waals surface area contributed by atoms with Gasteiger partial charge in [0.2, 0.25) is 0 Å². The summed E-state index contributed by atoms with van der Waals surface area (Å²) in [6, 6.07) is 54.3. The molecule has 0 saturated carbocycles. The van der Waals surface area contributed by atoms with Gasteiger partial charge in [0.05, 0.1) is 11.4 Å². The highest BCUT2D eigenvalue weighted by Gasteiger charge is 2.21. The zero-order valence-electron chi connectivity index (χ0n) is 23.2. The van der Waals surface area contributed by atoms with Crippen molar-refractivity contribution in [1.82, 2.24) is 0 Å². The molecule has 0 radical (unpaired) electrons. The lowest BCUT2D eigenvalue weighted by Crippen LogP contribution is -2.11. The largest absolute Gasteiger partial charge is 0.456 e. The van der Waals surface area contributed by atoms with E-state index < -0.39 is 0 Å². The number of furan rings is 1. The van der Waals surface area contributed by atoms with Crippen LogP contribution in [-0.2, 0) is 0 Å². The number of nitrogens with zero attached hydrogens (tertiary/aromatic N) is 1. The number of hydrogen-bond donors (Lipinski definition) is 0. The van der Waals surface area contributed by atoms with Crippen LogP contribution in [-0.4, -0.2) is 0 Å². The van der Waals surface area contributed by atoms with Crippen LogP contribution in [0.5, 0.6) is 0 Å². The van der Waals surface area contributed by atoms with Crippen molar-refractivity contribution in [2.75, 3.05) is 4.90 Å². The number of para-hydroxylation sites is 2. The molecule has 0 bridgehead atoms. The van der Waals surface area contributed by atoms with Gasteiger partial charge in [-0.1, -0.05) is 103 Å². The number of rotatable bonds is 4. The van der Waals surface area contributed by atoms with Crippen LogP contribution in [0.25, 0.3) is 64.0 Å². The predicted octanol–water partition coefficient (Wildman–Crippen LogP) is 12.2. The van der Waals surface area contributed by atoms with E-state index in [0.717, 1.165) is 39.0 Å². The Labute approximate surface area is 252 Å². The number of thiophene rings is 1. The van der Waals surface area contributed by atoms with E-state index in [4.69, 9.17) is 4.42 Å². The van der Waals surface area contributed by atoms with E-state index in [9.17, 15) is 0 Å². The van der Waals surface area contributed by atoms with Crippen molar-refractivity contribution in [1.29, 1.82) is 0 Å². The summed E-state index contributed by atoms with van der Waals surface area (Å²) in [6.45, 7) is 0. The van der Waals surface area contributed by atoms with Crippen molar-refractivity contribution in [3.63, 3.8) is 0 Å². The van der Waals surface area contributed by atoms with Crippen LogP contribution in [0.3, 0.4) is 0 Å². The van der Waals surface area contributed by atoms with E-state index >= 15 is 0 Å². The van der Waals surface area contributed by atoms with Gasteiger partial charge in [-0.2, -0.15) is 0 Å². The summed E-state index contributed by atoms with van der Waals surface area (Å²) in [5, 5.41) is 7.30. The second kappa shape index (κ2) is 9.59. The Morgan fingerprint density at radius 3 is 2.07 bits per heavy atom. The summed E-state index contributed by atoms with van der Waals surface area (Å²) in [7, 11) is 0. The Balaban J connectivity index is 1.30. The smallest absolute Gasteiger partial charge is 0.137 e. The van der Waals surface area contributed by atoms with E-state index in [1.54, 1.807) is 0 Å². The van der Waals surface area contributed by atoms with Crippen LogP contribution in [0.4, 0.5) is 17.1 Å². The zero-order valence-corrected chi connectivity index (χ0v) is 24.0. The molecule has 0 aliphatic carbocycles. The van der Waals surface area contributed by atoms with E-state index in [-0.39, 0.29) is 0 Å². The molecular formula is C40H25NOS. The molecule has 0 fully saturated rings. The highest BCUT2D eigenvalue weighted by Crippen LogP contribution is 2.45. The van der Waals surface area contributed by atoms with Crippen molar-refractivity contribution in [2.24, 2.45) is 0 Å². The fourth-order valence-corrected chi connectivity index (χ4v) is 7.62. The molecule has 2 aromatic heterocycles. The first kappa shape index (κ1) is 24.2. The van der Waals surface area contributed by atoms with Gasteiger partial charge < -0.3 is 9.32 Å². The second-order valence-corrected chi connectivity index (χ2v) is 12.0. The van der Waals surface area contributed by atoms with Crippen molar-refractivity contribution in [2.45, 2.75) is 0 Å². The van der Waals surface area contributed by atoms with E-state index in [2.05, 4.69) is 144 Å². The number of benzene rings is 7. The molecule has 3 heteroatoms. The van der Waals surface area contributed by atoms with Crippen LogP contribution in [0.2, 0.25) is 0 Å². The van der Waals surface area contributed by atoms with Crippen molar-refractivity contribution < 1.29 is 4.42 Å². The fraction of sp³-hybridized carbons (Fsp3) is 0. The van der Waals surface area contributed by atoms with Gasteiger partial charge in [-0.25, -0.2) is 0 Å². The van der Waals surface area contributed by atoms with Crippen molar-refractivity contribution in [3.05, 3.63) is 152 Å². The van der Waals surface area contributed by atoms with Gasteiger partial charge in [0.15, 0.2) is 0 Å². The molecule has 9 rings (SSSR count). The third-order valence-electron chi connectivity index (χ3n) is 8.46. The summed E-state index contributed by atoms with van der Waals surface area (Å²) < 4.78 is 8.99. The van der Waals surface area contributed by atoms with E-state index in [1.807, 2.05) is 23.5 Å². The first-order valence-corrected chi connectivity index (χ1v) is 15.3. The quantitative estimate of drug-likeness (QED) is 0.210. The lowest BCUT2D eigenvalue weighted by atomic mass is 9.99. The Bertz CT molecular complexity index is 2480. The summed E-state index contributed by atoms with van der Waals surface area (Å²) in [5.41, 5.74) is 7.47. The van der Waals surface area contributed by atoms with Gasteiger partial charge in [-0.05, 0) is 53.4 Å². The Hall–Kier alpha value is -5.38. The molecule has 0 atom stereocenters. The molecule has 43 heavy (non-hydrogen) atoms. The van der Waals surface area contributed by atoms with Crippen LogP contribution in [0.15, 0.2) is 156 Å². The van der Waals surface area contributed by atoms with Gasteiger partial charge in [0.25, 0.3) is 0 Å². The molecule has 0 spiro atoms. The number of anilines is 3. The second-order valence-electron chi connectivity index (χ2n) is 10.9. The maximum absolute atomic E-state index is 6.37. The highest BCUT2D eigenvalue weighted by molar-refractivity contribution is 7.25. The van der Waals surface area contributed by atoms with Gasteiger partial charge in [-0.3, -0.25) is 0 Å². The predicted molar refractivity (Wildman–Crippen MR) is 184 cm³/mol.